The molecule has 2 aromatic carbocycles. The van der Waals surface area contributed by atoms with Crippen LogP contribution in [0.4, 0.5) is 0 Å². The molecule has 136 valence electrons. The number of fused-ring (bicyclic) bond motifs is 1. The number of nitrogens with one attached hydrogen (secondary N) is 2. The Kier molecular flexibility index (Phi) is 4.60. The third-order valence-electron chi connectivity index (χ3n) is 4.47. The summed E-state index contributed by atoms with van der Waals surface area (Å²) in [6.45, 7) is 1.85. The van der Waals surface area contributed by atoms with Crippen molar-refractivity contribution in [3.63, 3.8) is 0 Å². The summed E-state index contributed by atoms with van der Waals surface area (Å²) in [5.41, 5.74) is 0.579. The van der Waals surface area contributed by atoms with E-state index in [1.807, 2.05) is 6.07 Å². The van der Waals surface area contributed by atoms with Gasteiger partial charge < -0.3 is 10.1 Å². The van der Waals surface area contributed by atoms with Crippen molar-refractivity contribution in [3.8, 4) is 5.75 Å². The first-order chi connectivity index (χ1) is 12.5. The predicted molar refractivity (Wildman–Crippen MR) is 99.5 cm³/mol. The molecule has 1 fully saturated rings. The highest BCUT2D eigenvalue weighted by Gasteiger charge is 2.24. The van der Waals surface area contributed by atoms with Crippen LogP contribution in [0.3, 0.4) is 0 Å². The lowest BCUT2D eigenvalue weighted by Gasteiger charge is -2.23. The molecule has 0 atom stereocenters. The molecule has 0 aliphatic carbocycles. The standard InChI is InChI=1S/C18H18ClN3O3S/c19-12-1-4-15(5-2-12)26(23,24)18-16-11-14(3-6-17(16)21-22-18)25-13-7-9-20-10-8-13/h1-6,11,13,20H,7-10H2,(H,21,22). The van der Waals surface area contributed by atoms with Crippen LogP contribution in [-0.2, 0) is 9.84 Å². The van der Waals surface area contributed by atoms with E-state index in [-0.39, 0.29) is 16.0 Å². The van der Waals surface area contributed by atoms with Gasteiger partial charge in [-0.15, -0.1) is 0 Å². The van der Waals surface area contributed by atoms with Crippen molar-refractivity contribution in [3.05, 3.63) is 47.5 Å². The molecule has 2 heterocycles. The second-order valence-electron chi connectivity index (χ2n) is 6.26. The maximum Gasteiger partial charge on any atom is 0.223 e. The van der Waals surface area contributed by atoms with Crippen LogP contribution in [-0.4, -0.2) is 37.8 Å². The Morgan fingerprint density at radius 2 is 1.81 bits per heavy atom. The fourth-order valence-corrected chi connectivity index (χ4v) is 4.56. The molecule has 8 heteroatoms. The van der Waals surface area contributed by atoms with Gasteiger partial charge in [0.05, 0.1) is 10.4 Å². The van der Waals surface area contributed by atoms with Crippen LogP contribution in [0.2, 0.25) is 5.02 Å². The first-order valence-corrected chi connectivity index (χ1v) is 10.3. The number of sulfone groups is 1. The number of hydrogen-bond donors (Lipinski definition) is 2. The number of ether oxygens (including phenoxy) is 1. The van der Waals surface area contributed by atoms with E-state index in [9.17, 15) is 8.42 Å². The van der Waals surface area contributed by atoms with Crippen molar-refractivity contribution in [2.24, 2.45) is 0 Å². The maximum absolute atomic E-state index is 13.0. The number of aromatic amines is 1. The molecule has 0 saturated carbocycles. The number of nitrogens with zero attached hydrogens (tertiary/aromatic N) is 1. The Morgan fingerprint density at radius 1 is 1.08 bits per heavy atom. The molecule has 0 bridgehead atoms. The van der Waals surface area contributed by atoms with Crippen LogP contribution in [0, 0.1) is 0 Å². The number of H-pyrrole nitrogens is 1. The number of piperidine rings is 1. The average molecular weight is 392 g/mol. The van der Waals surface area contributed by atoms with Crippen LogP contribution in [0.15, 0.2) is 52.4 Å². The monoisotopic (exact) mass is 391 g/mol. The Labute approximate surface area is 156 Å². The van der Waals surface area contributed by atoms with E-state index in [2.05, 4.69) is 15.5 Å². The van der Waals surface area contributed by atoms with E-state index >= 15 is 0 Å². The summed E-state index contributed by atoms with van der Waals surface area (Å²) < 4.78 is 31.9. The van der Waals surface area contributed by atoms with Gasteiger partial charge in [0.15, 0.2) is 5.03 Å². The van der Waals surface area contributed by atoms with Gasteiger partial charge >= 0.3 is 0 Å². The van der Waals surface area contributed by atoms with Gasteiger partial charge in [-0.1, -0.05) is 11.6 Å². The summed E-state index contributed by atoms with van der Waals surface area (Å²) in [5.74, 6) is 0.651. The van der Waals surface area contributed by atoms with Gasteiger partial charge in [0.25, 0.3) is 0 Å². The van der Waals surface area contributed by atoms with Crippen molar-refractivity contribution < 1.29 is 13.2 Å². The number of rotatable bonds is 4. The van der Waals surface area contributed by atoms with Crippen molar-refractivity contribution in [2.75, 3.05) is 13.1 Å². The Balaban J connectivity index is 1.71. The lowest BCUT2D eigenvalue weighted by atomic mass is 10.1. The second-order valence-corrected chi connectivity index (χ2v) is 8.58. The first kappa shape index (κ1) is 17.3. The smallest absolute Gasteiger partial charge is 0.223 e. The minimum atomic E-state index is -3.73. The molecule has 1 aliphatic rings. The molecule has 0 amide bonds. The SMILES string of the molecule is O=S(=O)(c1ccc(Cl)cc1)c1[nH]nc2ccc(OC3CCNCC3)cc12. The van der Waals surface area contributed by atoms with Gasteiger partial charge in [-0.05, 0) is 68.4 Å². The first-order valence-electron chi connectivity index (χ1n) is 8.40. The molecule has 1 saturated heterocycles. The molecule has 4 rings (SSSR count). The summed E-state index contributed by atoms with van der Waals surface area (Å²) in [6, 6.07) is 11.4. The summed E-state index contributed by atoms with van der Waals surface area (Å²) >= 11 is 5.86. The number of aromatic nitrogens is 2. The molecule has 0 radical (unpaired) electrons. The van der Waals surface area contributed by atoms with E-state index < -0.39 is 9.84 Å². The molecule has 26 heavy (non-hydrogen) atoms. The minimum absolute atomic E-state index is 0.0607. The zero-order valence-electron chi connectivity index (χ0n) is 13.9. The fourth-order valence-electron chi connectivity index (χ4n) is 3.08. The highest BCUT2D eigenvalue weighted by Crippen LogP contribution is 2.30. The molecule has 0 unspecified atom stereocenters. The number of benzene rings is 2. The van der Waals surface area contributed by atoms with Crippen LogP contribution in [0.25, 0.3) is 10.9 Å². The van der Waals surface area contributed by atoms with Gasteiger partial charge in [-0.2, -0.15) is 5.10 Å². The highest BCUT2D eigenvalue weighted by molar-refractivity contribution is 7.91. The van der Waals surface area contributed by atoms with Crippen molar-refractivity contribution in [1.82, 2.24) is 15.5 Å². The molecule has 6 nitrogen and oxygen atoms in total. The third kappa shape index (κ3) is 3.30. The van der Waals surface area contributed by atoms with E-state index in [0.717, 1.165) is 25.9 Å². The van der Waals surface area contributed by atoms with Crippen LogP contribution >= 0.6 is 11.6 Å². The normalized spacial score (nSPS) is 16.0. The van der Waals surface area contributed by atoms with E-state index in [1.165, 1.54) is 12.1 Å². The van der Waals surface area contributed by atoms with Crippen molar-refractivity contribution in [2.45, 2.75) is 28.9 Å². The fraction of sp³-hybridized carbons (Fsp3) is 0.278. The van der Waals surface area contributed by atoms with Gasteiger partial charge in [0.1, 0.15) is 11.9 Å². The zero-order valence-corrected chi connectivity index (χ0v) is 15.5. The minimum Gasteiger partial charge on any atom is -0.490 e. The second kappa shape index (κ2) is 6.90. The van der Waals surface area contributed by atoms with Gasteiger partial charge in [-0.3, -0.25) is 5.10 Å². The van der Waals surface area contributed by atoms with Gasteiger partial charge in [-0.25, -0.2) is 8.42 Å². The van der Waals surface area contributed by atoms with E-state index in [4.69, 9.17) is 16.3 Å². The lowest BCUT2D eigenvalue weighted by molar-refractivity contribution is 0.162. The number of hydrogen-bond acceptors (Lipinski definition) is 5. The zero-order chi connectivity index (χ0) is 18.1. The molecule has 0 spiro atoms. The lowest BCUT2D eigenvalue weighted by Crippen LogP contribution is -2.34. The molecule has 2 N–H and O–H groups in total. The quantitative estimate of drug-likeness (QED) is 0.713. The summed E-state index contributed by atoms with van der Waals surface area (Å²) in [7, 11) is -3.73. The van der Waals surface area contributed by atoms with E-state index in [0.29, 0.717) is 21.7 Å². The van der Waals surface area contributed by atoms with Crippen molar-refractivity contribution in [1.29, 1.82) is 0 Å². The third-order valence-corrected chi connectivity index (χ3v) is 6.47. The Morgan fingerprint density at radius 3 is 2.54 bits per heavy atom. The Bertz CT molecular complexity index is 1030. The number of halogens is 1. The largest absolute Gasteiger partial charge is 0.490 e. The Hall–Kier alpha value is -2.09. The maximum atomic E-state index is 13.0. The van der Waals surface area contributed by atoms with Crippen LogP contribution in [0.1, 0.15) is 12.8 Å². The predicted octanol–water partition coefficient (Wildman–Crippen LogP) is 3.18. The highest BCUT2D eigenvalue weighted by atomic mass is 35.5. The summed E-state index contributed by atoms with van der Waals surface area (Å²) in [5, 5.41) is 11.1. The molecule has 3 aromatic rings. The van der Waals surface area contributed by atoms with Gasteiger partial charge in [0.2, 0.25) is 9.84 Å². The van der Waals surface area contributed by atoms with Crippen LogP contribution in [0.5, 0.6) is 5.75 Å². The molecule has 1 aliphatic heterocycles. The average Bonchev–Trinajstić information content (AvgIpc) is 3.07. The summed E-state index contributed by atoms with van der Waals surface area (Å²) in [4.78, 5) is 0.164. The van der Waals surface area contributed by atoms with Gasteiger partial charge in [0, 0.05) is 10.4 Å². The van der Waals surface area contributed by atoms with Crippen LogP contribution < -0.4 is 10.1 Å². The molecular weight excluding hydrogens is 374 g/mol. The molecular formula is C18H18ClN3O3S. The summed E-state index contributed by atoms with van der Waals surface area (Å²) in [6.07, 6.45) is 2.00. The molecule has 1 aromatic heterocycles. The topological polar surface area (TPSA) is 84.1 Å². The van der Waals surface area contributed by atoms with Crippen molar-refractivity contribution >= 4 is 32.3 Å². The van der Waals surface area contributed by atoms with E-state index in [1.54, 1.807) is 24.3 Å².